The standard InChI is InChI=1S/C19H28O3/c1-4-6-7-11-17(10-5-2)16(3)21-14-18(20)15-22-19-12-8-9-13-19/h5-8,10-13,16,18,20H,4,9,14-15H2,1-3H3/b7-6+,10-5-,17-11+. The van der Waals surface area contributed by atoms with Crippen molar-refractivity contribution < 1.29 is 14.6 Å². The normalized spacial score (nSPS) is 18.2. The van der Waals surface area contributed by atoms with Gasteiger partial charge in [0.25, 0.3) is 0 Å². The molecule has 0 aromatic carbocycles. The summed E-state index contributed by atoms with van der Waals surface area (Å²) >= 11 is 0. The quantitative estimate of drug-likeness (QED) is 0.618. The second-order valence-electron chi connectivity index (χ2n) is 5.19. The first kappa shape index (κ1) is 18.5. The Kier molecular flexibility index (Phi) is 9.28. The molecule has 0 aliphatic heterocycles. The predicted molar refractivity (Wildman–Crippen MR) is 91.5 cm³/mol. The maximum Gasteiger partial charge on any atom is 0.116 e. The van der Waals surface area contributed by atoms with Gasteiger partial charge in [-0.2, -0.15) is 0 Å². The van der Waals surface area contributed by atoms with E-state index in [1.165, 1.54) is 0 Å². The molecule has 0 fully saturated rings. The van der Waals surface area contributed by atoms with E-state index in [0.717, 1.165) is 24.2 Å². The van der Waals surface area contributed by atoms with E-state index in [-0.39, 0.29) is 19.3 Å². The molecule has 0 saturated carbocycles. The summed E-state index contributed by atoms with van der Waals surface area (Å²) in [5.74, 6) is 0.825. The largest absolute Gasteiger partial charge is 0.491 e. The fraction of sp³-hybridized carbons (Fsp3) is 0.474. The van der Waals surface area contributed by atoms with Crippen LogP contribution in [0.5, 0.6) is 0 Å². The topological polar surface area (TPSA) is 38.7 Å². The third-order valence-corrected chi connectivity index (χ3v) is 3.21. The number of ether oxygens (including phenoxy) is 2. The van der Waals surface area contributed by atoms with Crippen molar-refractivity contribution in [1.82, 2.24) is 0 Å². The first-order valence-corrected chi connectivity index (χ1v) is 7.96. The average Bonchev–Trinajstić information content (AvgIpc) is 3.03. The van der Waals surface area contributed by atoms with Gasteiger partial charge in [-0.05, 0) is 44.4 Å². The van der Waals surface area contributed by atoms with Crippen LogP contribution in [-0.2, 0) is 9.47 Å². The lowest BCUT2D eigenvalue weighted by atomic mass is 10.1. The maximum absolute atomic E-state index is 9.93. The lowest BCUT2D eigenvalue weighted by molar-refractivity contribution is -0.0166. The zero-order valence-electron chi connectivity index (χ0n) is 13.9. The van der Waals surface area contributed by atoms with E-state index in [9.17, 15) is 5.11 Å². The van der Waals surface area contributed by atoms with Crippen LogP contribution in [0.1, 0.15) is 33.6 Å². The minimum absolute atomic E-state index is 0.0713. The fourth-order valence-electron chi connectivity index (χ4n) is 1.97. The molecule has 0 aromatic rings. The van der Waals surface area contributed by atoms with Gasteiger partial charge in [0.15, 0.2) is 0 Å². The van der Waals surface area contributed by atoms with Gasteiger partial charge in [-0.1, -0.05) is 43.4 Å². The molecular weight excluding hydrogens is 276 g/mol. The molecule has 1 rings (SSSR count). The van der Waals surface area contributed by atoms with E-state index in [4.69, 9.17) is 9.47 Å². The highest BCUT2D eigenvalue weighted by atomic mass is 16.5. The third kappa shape index (κ3) is 7.43. The highest BCUT2D eigenvalue weighted by Gasteiger charge is 2.11. The number of aliphatic hydroxyl groups excluding tert-OH is 1. The molecule has 2 atom stereocenters. The van der Waals surface area contributed by atoms with Crippen molar-refractivity contribution in [3.05, 3.63) is 59.9 Å². The number of hydrogen-bond acceptors (Lipinski definition) is 3. The lowest BCUT2D eigenvalue weighted by Gasteiger charge is -2.18. The summed E-state index contributed by atoms with van der Waals surface area (Å²) < 4.78 is 11.2. The molecule has 0 bridgehead atoms. The van der Waals surface area contributed by atoms with Gasteiger partial charge in [-0.25, -0.2) is 0 Å². The number of aliphatic hydroxyl groups is 1. The van der Waals surface area contributed by atoms with Crippen molar-refractivity contribution in [3.63, 3.8) is 0 Å². The minimum Gasteiger partial charge on any atom is -0.491 e. The maximum atomic E-state index is 9.93. The SMILES string of the molecule is C\C=C/C(=C\C=C\CC)C(C)OCC(O)COC1=CCC=C1. The van der Waals surface area contributed by atoms with E-state index in [0.29, 0.717) is 0 Å². The van der Waals surface area contributed by atoms with Gasteiger partial charge in [0, 0.05) is 0 Å². The van der Waals surface area contributed by atoms with Crippen LogP contribution in [0.3, 0.4) is 0 Å². The summed E-state index contributed by atoms with van der Waals surface area (Å²) in [5, 5.41) is 9.93. The second-order valence-corrected chi connectivity index (χ2v) is 5.19. The second kappa shape index (κ2) is 11.0. The van der Waals surface area contributed by atoms with E-state index in [1.807, 2.05) is 56.4 Å². The van der Waals surface area contributed by atoms with Crippen LogP contribution in [-0.4, -0.2) is 30.5 Å². The number of rotatable bonds is 10. The third-order valence-electron chi connectivity index (χ3n) is 3.21. The van der Waals surface area contributed by atoms with Crippen molar-refractivity contribution in [1.29, 1.82) is 0 Å². The van der Waals surface area contributed by atoms with Crippen molar-refractivity contribution in [2.75, 3.05) is 13.2 Å². The molecule has 0 heterocycles. The van der Waals surface area contributed by atoms with Crippen LogP contribution in [0.25, 0.3) is 0 Å². The molecule has 22 heavy (non-hydrogen) atoms. The molecule has 0 saturated heterocycles. The lowest BCUT2D eigenvalue weighted by Crippen LogP contribution is -2.25. The summed E-state index contributed by atoms with van der Waals surface area (Å²) in [6.07, 6.45) is 17.3. The van der Waals surface area contributed by atoms with Crippen LogP contribution in [0.4, 0.5) is 0 Å². The molecule has 0 aromatic heterocycles. The van der Waals surface area contributed by atoms with Gasteiger partial charge in [0.05, 0.1) is 12.7 Å². The molecule has 1 aliphatic carbocycles. The van der Waals surface area contributed by atoms with E-state index in [2.05, 4.69) is 13.0 Å². The summed E-state index contributed by atoms with van der Waals surface area (Å²) in [6.45, 7) is 6.58. The monoisotopic (exact) mass is 304 g/mol. The Labute approximate surface area is 134 Å². The number of hydrogen-bond donors (Lipinski definition) is 1. The van der Waals surface area contributed by atoms with Gasteiger partial charge < -0.3 is 14.6 Å². The number of allylic oxidation sites excluding steroid dienone is 7. The van der Waals surface area contributed by atoms with Gasteiger partial charge in [0.1, 0.15) is 18.5 Å². The van der Waals surface area contributed by atoms with Gasteiger partial charge in [-0.3, -0.25) is 0 Å². The zero-order valence-corrected chi connectivity index (χ0v) is 13.9. The zero-order chi connectivity index (χ0) is 16.2. The highest BCUT2D eigenvalue weighted by Crippen LogP contribution is 2.12. The molecular formula is C19H28O3. The first-order chi connectivity index (χ1) is 10.7. The van der Waals surface area contributed by atoms with Crippen molar-refractivity contribution in [2.45, 2.75) is 45.8 Å². The summed E-state index contributed by atoms with van der Waals surface area (Å²) in [4.78, 5) is 0. The first-order valence-electron chi connectivity index (χ1n) is 7.96. The molecule has 1 aliphatic rings. The van der Waals surface area contributed by atoms with Gasteiger partial charge in [-0.15, -0.1) is 0 Å². The molecule has 1 N–H and O–H groups in total. The van der Waals surface area contributed by atoms with Gasteiger partial charge in [0.2, 0.25) is 0 Å². The summed E-state index contributed by atoms with van der Waals surface area (Å²) in [6, 6.07) is 0. The van der Waals surface area contributed by atoms with Crippen LogP contribution in [0, 0.1) is 0 Å². The van der Waals surface area contributed by atoms with Crippen LogP contribution in [0.2, 0.25) is 0 Å². The predicted octanol–water partition coefficient (Wildman–Crippen LogP) is 4.08. The van der Waals surface area contributed by atoms with Gasteiger partial charge >= 0.3 is 0 Å². The molecule has 122 valence electrons. The van der Waals surface area contributed by atoms with Crippen molar-refractivity contribution in [3.8, 4) is 0 Å². The average molecular weight is 304 g/mol. The van der Waals surface area contributed by atoms with E-state index >= 15 is 0 Å². The Morgan fingerprint density at radius 3 is 2.86 bits per heavy atom. The Morgan fingerprint density at radius 1 is 1.41 bits per heavy atom. The van der Waals surface area contributed by atoms with Crippen LogP contribution >= 0.6 is 0 Å². The van der Waals surface area contributed by atoms with Crippen molar-refractivity contribution in [2.24, 2.45) is 0 Å². The Hall–Kier alpha value is -1.58. The smallest absolute Gasteiger partial charge is 0.116 e. The van der Waals surface area contributed by atoms with Crippen LogP contribution in [0.15, 0.2) is 59.9 Å². The molecule has 2 unspecified atom stereocenters. The summed E-state index contributed by atoms with van der Waals surface area (Å²) in [5.41, 5.74) is 1.08. The Balaban J connectivity index is 2.37. The minimum atomic E-state index is -0.629. The van der Waals surface area contributed by atoms with E-state index in [1.54, 1.807) is 0 Å². The molecule has 3 nitrogen and oxygen atoms in total. The Bertz CT molecular complexity index is 455. The molecule has 3 heteroatoms. The molecule has 0 amide bonds. The molecule has 0 spiro atoms. The highest BCUT2D eigenvalue weighted by molar-refractivity contribution is 5.26. The Morgan fingerprint density at radius 2 is 2.23 bits per heavy atom. The van der Waals surface area contributed by atoms with Crippen LogP contribution < -0.4 is 0 Å². The van der Waals surface area contributed by atoms with Crippen molar-refractivity contribution >= 4 is 0 Å². The fourth-order valence-corrected chi connectivity index (χ4v) is 1.97. The summed E-state index contributed by atoms with van der Waals surface area (Å²) in [7, 11) is 0. The van der Waals surface area contributed by atoms with E-state index < -0.39 is 6.10 Å². The molecule has 0 radical (unpaired) electrons.